The van der Waals surface area contributed by atoms with Gasteiger partial charge in [0.2, 0.25) is 23.6 Å². The van der Waals surface area contributed by atoms with Gasteiger partial charge in [0.25, 0.3) is 0 Å². The Morgan fingerprint density at radius 2 is 1.71 bits per heavy atom. The molecule has 4 amide bonds. The van der Waals surface area contributed by atoms with Crippen molar-refractivity contribution in [3.63, 3.8) is 0 Å². The van der Waals surface area contributed by atoms with Gasteiger partial charge in [0, 0.05) is 58.4 Å². The monoisotopic (exact) mass is 762 g/mol. The van der Waals surface area contributed by atoms with Gasteiger partial charge in [0.05, 0.1) is 42.7 Å². The van der Waals surface area contributed by atoms with Gasteiger partial charge in [-0.25, -0.2) is 0 Å². The summed E-state index contributed by atoms with van der Waals surface area (Å²) in [6.45, 7) is 7.54. The molecule has 0 bridgehead atoms. The van der Waals surface area contributed by atoms with E-state index in [1.807, 2.05) is 48.5 Å². The molecule has 3 aromatic rings. The molecule has 3 aromatic carbocycles. The lowest BCUT2D eigenvalue weighted by molar-refractivity contribution is -0.144. The van der Waals surface area contributed by atoms with Crippen LogP contribution in [0.25, 0.3) is 0 Å². The van der Waals surface area contributed by atoms with Crippen LogP contribution in [0.3, 0.4) is 0 Å². The minimum Gasteiger partial charge on any atom is -0.494 e. The number of alkyl halides is 3. The Morgan fingerprint density at radius 1 is 0.982 bits per heavy atom. The largest absolute Gasteiger partial charge is 0.494 e. The summed E-state index contributed by atoms with van der Waals surface area (Å²) in [6.07, 6.45) is -3.22. The van der Waals surface area contributed by atoms with Crippen LogP contribution in [-0.4, -0.2) is 97.4 Å². The van der Waals surface area contributed by atoms with E-state index in [1.165, 1.54) is 17.0 Å². The third kappa shape index (κ3) is 11.8. The van der Waals surface area contributed by atoms with Crippen LogP contribution in [-0.2, 0) is 38.3 Å². The zero-order valence-corrected chi connectivity index (χ0v) is 30.9. The summed E-state index contributed by atoms with van der Waals surface area (Å²) < 4.78 is 51.6. The van der Waals surface area contributed by atoms with Crippen molar-refractivity contribution in [3.05, 3.63) is 89.0 Å². The Morgan fingerprint density at radius 3 is 2.40 bits per heavy atom. The molecule has 12 nitrogen and oxygen atoms in total. The number of halogens is 3. The van der Waals surface area contributed by atoms with E-state index in [0.717, 1.165) is 68.9 Å². The molecule has 5 rings (SSSR count). The number of imide groups is 1. The summed E-state index contributed by atoms with van der Waals surface area (Å²) in [4.78, 5) is 55.2. The summed E-state index contributed by atoms with van der Waals surface area (Å²) in [5, 5.41) is 13.7. The molecule has 0 aromatic heterocycles. The lowest BCUT2D eigenvalue weighted by Crippen LogP contribution is -2.53. The van der Waals surface area contributed by atoms with E-state index in [9.17, 15) is 32.3 Å². The van der Waals surface area contributed by atoms with Gasteiger partial charge in [-0.2, -0.15) is 18.4 Å². The van der Waals surface area contributed by atoms with Crippen LogP contribution in [0.15, 0.2) is 66.7 Å². The molecule has 2 saturated heterocycles. The van der Waals surface area contributed by atoms with Crippen molar-refractivity contribution in [2.75, 3.05) is 58.3 Å². The number of amides is 4. The molecule has 2 aliphatic heterocycles. The van der Waals surface area contributed by atoms with Gasteiger partial charge >= 0.3 is 6.18 Å². The number of nitriles is 1. The van der Waals surface area contributed by atoms with Gasteiger partial charge in [0.1, 0.15) is 17.5 Å². The Balaban J connectivity index is 0.965. The lowest BCUT2D eigenvalue weighted by Gasteiger charge is -2.34. The number of piperidine rings is 1. The molecule has 2 aliphatic rings. The van der Waals surface area contributed by atoms with Gasteiger partial charge in [0.15, 0.2) is 0 Å². The summed E-state index contributed by atoms with van der Waals surface area (Å²) in [5.41, 5.74) is 0.236. The quantitative estimate of drug-likeness (QED) is 0.168. The number of benzene rings is 3. The zero-order chi connectivity index (χ0) is 39.5. The number of piperazine rings is 1. The maximum absolute atomic E-state index is 13.3. The van der Waals surface area contributed by atoms with Gasteiger partial charge in [-0.15, -0.1) is 0 Å². The molecule has 2 atom stereocenters. The molecule has 2 heterocycles. The molecule has 1 unspecified atom stereocenters. The first-order valence-corrected chi connectivity index (χ1v) is 18.2. The molecule has 15 heteroatoms. The first kappa shape index (κ1) is 40.7. The average molecular weight is 763 g/mol. The fraction of sp³-hybridized carbons (Fsp3) is 0.425. The molecule has 2 fully saturated rings. The summed E-state index contributed by atoms with van der Waals surface area (Å²) in [6, 6.07) is 18.9. The molecule has 55 heavy (non-hydrogen) atoms. The van der Waals surface area contributed by atoms with Crippen molar-refractivity contribution in [2.24, 2.45) is 5.92 Å². The predicted molar refractivity (Wildman–Crippen MR) is 197 cm³/mol. The van der Waals surface area contributed by atoms with E-state index in [-0.39, 0.29) is 37.0 Å². The number of hydrogen-bond acceptors (Lipinski definition) is 9. The van der Waals surface area contributed by atoms with Gasteiger partial charge in [-0.3, -0.25) is 29.4 Å². The average Bonchev–Trinajstić information content (AvgIpc) is 3.16. The van der Waals surface area contributed by atoms with Gasteiger partial charge in [-0.1, -0.05) is 31.2 Å². The third-order valence-corrected chi connectivity index (χ3v) is 9.67. The number of hydrogen-bond donors (Lipinski definition) is 2. The molecule has 0 aliphatic carbocycles. The number of nitrogens with zero attached hydrogens (tertiary/aromatic N) is 4. The van der Waals surface area contributed by atoms with Crippen LogP contribution in [0.2, 0.25) is 0 Å². The Hall–Kier alpha value is -5.46. The first-order valence-electron chi connectivity index (χ1n) is 18.2. The van der Waals surface area contributed by atoms with Crippen LogP contribution < -0.4 is 20.1 Å². The van der Waals surface area contributed by atoms with E-state index in [4.69, 9.17) is 14.7 Å². The number of ether oxygens (including phenoxy) is 2. The first-order chi connectivity index (χ1) is 26.3. The third-order valence-electron chi connectivity index (χ3n) is 9.67. The Labute approximate surface area is 318 Å². The number of likely N-dealkylation sites (N-methyl/N-ethyl adjacent to an activating group) is 1. The summed E-state index contributed by atoms with van der Waals surface area (Å²) in [7, 11) is 1.58. The normalized spacial score (nSPS) is 17.1. The Kier molecular flexibility index (Phi) is 13.9. The van der Waals surface area contributed by atoms with Crippen molar-refractivity contribution in [1.82, 2.24) is 20.0 Å². The van der Waals surface area contributed by atoms with E-state index in [0.29, 0.717) is 24.5 Å². The van der Waals surface area contributed by atoms with E-state index in [1.54, 1.807) is 14.0 Å². The highest BCUT2D eigenvalue weighted by Crippen LogP contribution is 2.33. The highest BCUT2D eigenvalue weighted by atomic mass is 19.4. The van der Waals surface area contributed by atoms with E-state index < -0.39 is 41.1 Å². The SMILES string of the molecule is C[C@H](COc1ccc(CN2CCN(CCCOc3cccc(CC(=O)N(C)C4CCC(=O)NC4=O)c3)CC2)cc1)C(=O)Nc1ccc(C#N)c(C(F)(F)F)c1. The van der Waals surface area contributed by atoms with E-state index in [2.05, 4.69) is 20.4 Å². The number of carbonyl (C=O) groups is 4. The minimum atomic E-state index is -4.72. The highest BCUT2D eigenvalue weighted by Gasteiger charge is 2.34. The van der Waals surface area contributed by atoms with Crippen molar-refractivity contribution in [1.29, 1.82) is 5.26 Å². The van der Waals surface area contributed by atoms with Gasteiger partial charge in [-0.05, 0) is 66.4 Å². The second-order valence-corrected chi connectivity index (χ2v) is 13.8. The molecule has 292 valence electrons. The fourth-order valence-electron chi connectivity index (χ4n) is 6.38. The summed E-state index contributed by atoms with van der Waals surface area (Å²) in [5.74, 6) is -0.865. The van der Waals surface area contributed by atoms with Crippen molar-refractivity contribution in [2.45, 2.75) is 51.4 Å². The number of rotatable bonds is 15. The highest BCUT2D eigenvalue weighted by molar-refractivity contribution is 6.01. The second-order valence-electron chi connectivity index (χ2n) is 13.8. The zero-order valence-electron chi connectivity index (χ0n) is 30.9. The van der Waals surface area contributed by atoms with Crippen molar-refractivity contribution < 1.29 is 41.8 Å². The molecule has 0 saturated carbocycles. The molecular weight excluding hydrogens is 717 g/mol. The van der Waals surface area contributed by atoms with Gasteiger partial charge < -0.3 is 24.6 Å². The molecule has 0 spiro atoms. The predicted octanol–water partition coefficient (Wildman–Crippen LogP) is 4.62. The fourth-order valence-corrected chi connectivity index (χ4v) is 6.38. The van der Waals surface area contributed by atoms with Crippen molar-refractivity contribution >= 4 is 29.3 Å². The second kappa shape index (κ2) is 18.7. The molecular formula is C40H45F3N6O6. The number of nitrogens with one attached hydrogen (secondary N) is 2. The minimum absolute atomic E-state index is 0.0278. The van der Waals surface area contributed by atoms with E-state index >= 15 is 0 Å². The topological polar surface area (TPSA) is 144 Å². The molecule has 2 N–H and O–H groups in total. The van der Waals surface area contributed by atoms with Crippen LogP contribution in [0.5, 0.6) is 11.5 Å². The van der Waals surface area contributed by atoms with Crippen LogP contribution in [0, 0.1) is 17.2 Å². The smallest absolute Gasteiger partial charge is 0.417 e. The standard InChI is InChI=1S/C40H45F3N6O6/c1-27(38(52)45-31-10-9-30(24-44)34(23-31)40(41,42)43)26-55-32-11-7-28(8-12-32)25-49-18-16-48(17-19-49)15-4-20-54-33-6-3-5-29(21-33)22-37(51)47(2)35-13-14-36(50)46-39(35)53/h3,5-12,21,23,27,35H,4,13-20,22,25-26H2,1-2H3,(H,45,52)(H,46,50,53)/t27-,35?/m1/s1. The maximum Gasteiger partial charge on any atom is 0.417 e. The van der Waals surface area contributed by atoms with Crippen molar-refractivity contribution in [3.8, 4) is 17.6 Å². The van der Waals surface area contributed by atoms with Crippen LogP contribution >= 0.6 is 0 Å². The number of carbonyl (C=O) groups excluding carboxylic acids is 4. The van der Waals surface area contributed by atoms with Crippen LogP contribution in [0.4, 0.5) is 18.9 Å². The Bertz CT molecular complexity index is 1870. The van der Waals surface area contributed by atoms with Crippen LogP contribution in [0.1, 0.15) is 48.4 Å². The molecule has 0 radical (unpaired) electrons. The maximum atomic E-state index is 13.3. The summed E-state index contributed by atoms with van der Waals surface area (Å²) >= 11 is 0. The lowest BCUT2D eigenvalue weighted by atomic mass is 10.0. The number of anilines is 1.